The lowest BCUT2D eigenvalue weighted by Gasteiger charge is -2.08. The van der Waals surface area contributed by atoms with Gasteiger partial charge in [-0.05, 0) is 48.9 Å². The molecule has 0 aliphatic carbocycles. The van der Waals surface area contributed by atoms with Crippen molar-refractivity contribution in [2.24, 2.45) is 0 Å². The predicted octanol–water partition coefficient (Wildman–Crippen LogP) is 6.01. The summed E-state index contributed by atoms with van der Waals surface area (Å²) in [6.45, 7) is 1.79. The average molecular weight is 473 g/mol. The molecule has 2 aromatic heterocycles. The number of fused-ring (bicyclic) bond motifs is 2. The smallest absolute Gasteiger partial charge is 0.293 e. The van der Waals surface area contributed by atoms with E-state index in [1.165, 1.54) is 0 Å². The van der Waals surface area contributed by atoms with E-state index >= 15 is 0 Å². The minimum atomic E-state index is -0.689. The van der Waals surface area contributed by atoms with Gasteiger partial charge in [-0.2, -0.15) is 0 Å². The van der Waals surface area contributed by atoms with Gasteiger partial charge in [-0.15, -0.1) is 0 Å². The zero-order chi connectivity index (χ0) is 23.8. The number of amides is 2. The number of benzene rings is 3. The van der Waals surface area contributed by atoms with Gasteiger partial charge in [0.25, 0.3) is 11.8 Å². The first kappa shape index (κ1) is 21.5. The molecule has 168 valence electrons. The van der Waals surface area contributed by atoms with Crippen LogP contribution in [-0.4, -0.2) is 11.8 Å². The van der Waals surface area contributed by atoms with Crippen molar-refractivity contribution in [1.29, 1.82) is 0 Å². The Bertz CT molecular complexity index is 1650. The molecule has 0 bridgehead atoms. The van der Waals surface area contributed by atoms with Gasteiger partial charge in [-0.1, -0.05) is 41.9 Å². The second kappa shape index (κ2) is 8.53. The Labute approximate surface area is 197 Å². The SMILES string of the molecule is Cc1cccc2c(=O)cc(C(=O)Nc3c(C(=O)Nc4cccc(Cl)c4)oc4ccccc34)oc12. The third-order valence-corrected chi connectivity index (χ3v) is 5.53. The highest BCUT2D eigenvalue weighted by Gasteiger charge is 2.24. The van der Waals surface area contributed by atoms with Crippen LogP contribution in [0.15, 0.2) is 86.4 Å². The van der Waals surface area contributed by atoms with Gasteiger partial charge < -0.3 is 19.5 Å². The summed E-state index contributed by atoms with van der Waals surface area (Å²) < 4.78 is 11.5. The lowest BCUT2D eigenvalue weighted by Crippen LogP contribution is -2.18. The maximum atomic E-state index is 13.1. The Hall–Kier alpha value is -4.36. The average Bonchev–Trinajstić information content (AvgIpc) is 3.18. The first-order valence-electron chi connectivity index (χ1n) is 10.3. The first-order chi connectivity index (χ1) is 16.4. The van der Waals surface area contributed by atoms with Gasteiger partial charge in [-0.3, -0.25) is 14.4 Å². The van der Waals surface area contributed by atoms with Crippen molar-refractivity contribution >= 4 is 56.7 Å². The second-order valence-electron chi connectivity index (χ2n) is 7.65. The van der Waals surface area contributed by atoms with Gasteiger partial charge in [0.1, 0.15) is 16.9 Å². The van der Waals surface area contributed by atoms with E-state index in [-0.39, 0.29) is 22.6 Å². The molecule has 2 heterocycles. The molecule has 34 heavy (non-hydrogen) atoms. The Morgan fingerprint density at radius 3 is 2.41 bits per heavy atom. The van der Waals surface area contributed by atoms with Gasteiger partial charge >= 0.3 is 0 Å². The van der Waals surface area contributed by atoms with Crippen LogP contribution in [0.1, 0.15) is 26.7 Å². The fourth-order valence-electron chi connectivity index (χ4n) is 3.69. The van der Waals surface area contributed by atoms with E-state index in [1.807, 2.05) is 0 Å². The van der Waals surface area contributed by atoms with E-state index in [0.717, 1.165) is 11.6 Å². The van der Waals surface area contributed by atoms with E-state index < -0.39 is 11.8 Å². The molecular weight excluding hydrogens is 456 g/mol. The number of halogens is 1. The van der Waals surface area contributed by atoms with Crippen molar-refractivity contribution in [2.75, 3.05) is 10.6 Å². The highest BCUT2D eigenvalue weighted by atomic mass is 35.5. The molecule has 2 N–H and O–H groups in total. The molecule has 0 atom stereocenters. The lowest BCUT2D eigenvalue weighted by atomic mass is 10.1. The molecular formula is C26H17ClN2O5. The number of anilines is 2. The van der Waals surface area contributed by atoms with E-state index in [9.17, 15) is 14.4 Å². The van der Waals surface area contributed by atoms with Crippen LogP contribution in [0.4, 0.5) is 11.4 Å². The van der Waals surface area contributed by atoms with Gasteiger partial charge in [0.2, 0.25) is 5.76 Å². The summed E-state index contributed by atoms with van der Waals surface area (Å²) in [4.78, 5) is 38.7. The van der Waals surface area contributed by atoms with Crippen molar-refractivity contribution in [1.82, 2.24) is 0 Å². The van der Waals surface area contributed by atoms with Gasteiger partial charge in [0, 0.05) is 22.2 Å². The highest BCUT2D eigenvalue weighted by Crippen LogP contribution is 2.32. The summed E-state index contributed by atoms with van der Waals surface area (Å²) in [5.74, 6) is -1.55. The first-order valence-corrected chi connectivity index (χ1v) is 10.7. The molecule has 0 saturated carbocycles. The maximum absolute atomic E-state index is 13.1. The quantitative estimate of drug-likeness (QED) is 0.333. The van der Waals surface area contributed by atoms with Crippen LogP contribution >= 0.6 is 11.6 Å². The topological polar surface area (TPSA) is 102 Å². The Balaban J connectivity index is 1.54. The van der Waals surface area contributed by atoms with Crippen molar-refractivity contribution in [3.8, 4) is 0 Å². The number of nitrogens with one attached hydrogen (secondary N) is 2. The van der Waals surface area contributed by atoms with Crippen LogP contribution < -0.4 is 16.1 Å². The molecule has 0 aliphatic heterocycles. The molecule has 2 amide bonds. The summed E-state index contributed by atoms with van der Waals surface area (Å²) >= 11 is 6.00. The monoisotopic (exact) mass is 472 g/mol. The number of furan rings is 1. The predicted molar refractivity (Wildman–Crippen MR) is 131 cm³/mol. The standard InChI is InChI=1S/C26H17ClN2O5/c1-14-6-4-10-17-19(30)13-21(34-23(14)17)25(31)29-22-18-9-2-3-11-20(18)33-24(22)26(32)28-16-8-5-7-15(27)12-16/h2-13H,1H3,(H,28,32)(H,29,31). The van der Waals surface area contributed by atoms with Gasteiger partial charge in [0.15, 0.2) is 11.2 Å². The van der Waals surface area contributed by atoms with Crippen LogP contribution in [0.25, 0.3) is 21.9 Å². The normalized spacial score (nSPS) is 11.0. The summed E-state index contributed by atoms with van der Waals surface area (Å²) in [5.41, 5.74) is 1.74. The number of carbonyl (C=O) groups excluding carboxylic acids is 2. The van der Waals surface area contributed by atoms with E-state index in [4.69, 9.17) is 20.4 Å². The number of rotatable bonds is 4. The van der Waals surface area contributed by atoms with Crippen LogP contribution in [0.5, 0.6) is 0 Å². The lowest BCUT2D eigenvalue weighted by molar-refractivity contribution is 0.0996. The molecule has 0 spiro atoms. The summed E-state index contributed by atoms with van der Waals surface area (Å²) in [5, 5.41) is 6.76. The van der Waals surface area contributed by atoms with Crippen LogP contribution in [-0.2, 0) is 0 Å². The molecule has 5 aromatic rings. The molecule has 0 radical (unpaired) electrons. The molecule has 7 nitrogen and oxygen atoms in total. The fourth-order valence-corrected chi connectivity index (χ4v) is 3.88. The number of hydrogen-bond donors (Lipinski definition) is 2. The van der Waals surface area contributed by atoms with Crippen molar-refractivity contribution in [2.45, 2.75) is 6.92 Å². The molecule has 3 aromatic carbocycles. The number of aryl methyl sites for hydroxylation is 1. The second-order valence-corrected chi connectivity index (χ2v) is 8.08. The van der Waals surface area contributed by atoms with Crippen LogP contribution in [0.3, 0.4) is 0 Å². The van der Waals surface area contributed by atoms with Gasteiger partial charge in [0.05, 0.1) is 5.39 Å². The number of para-hydroxylation sites is 2. The van der Waals surface area contributed by atoms with E-state index in [2.05, 4.69) is 10.6 Å². The highest BCUT2D eigenvalue weighted by molar-refractivity contribution is 6.31. The minimum Gasteiger partial charge on any atom is -0.450 e. The molecule has 0 unspecified atom stereocenters. The maximum Gasteiger partial charge on any atom is 0.293 e. The van der Waals surface area contributed by atoms with Crippen molar-refractivity contribution in [3.05, 3.63) is 105 Å². The van der Waals surface area contributed by atoms with Crippen LogP contribution in [0.2, 0.25) is 5.02 Å². The summed E-state index contributed by atoms with van der Waals surface area (Å²) in [7, 11) is 0. The van der Waals surface area contributed by atoms with Crippen LogP contribution in [0, 0.1) is 6.92 Å². The minimum absolute atomic E-state index is 0.103. The molecule has 0 aliphatic rings. The van der Waals surface area contributed by atoms with E-state index in [0.29, 0.717) is 32.6 Å². The summed E-state index contributed by atoms with van der Waals surface area (Å²) in [6, 6.07) is 19.8. The van der Waals surface area contributed by atoms with E-state index in [1.54, 1.807) is 73.7 Å². The summed E-state index contributed by atoms with van der Waals surface area (Å²) in [6.07, 6.45) is 0. The largest absolute Gasteiger partial charge is 0.450 e. The fraction of sp³-hybridized carbons (Fsp3) is 0.0385. The number of hydrogen-bond acceptors (Lipinski definition) is 5. The Kier molecular flexibility index (Phi) is 5.39. The van der Waals surface area contributed by atoms with Crippen molar-refractivity contribution in [3.63, 3.8) is 0 Å². The Morgan fingerprint density at radius 1 is 0.824 bits per heavy atom. The Morgan fingerprint density at radius 2 is 1.59 bits per heavy atom. The molecule has 8 heteroatoms. The third kappa shape index (κ3) is 3.93. The molecule has 5 rings (SSSR count). The molecule has 0 fully saturated rings. The van der Waals surface area contributed by atoms with Crippen molar-refractivity contribution < 1.29 is 18.4 Å². The third-order valence-electron chi connectivity index (χ3n) is 5.30. The number of carbonyl (C=O) groups is 2. The zero-order valence-corrected chi connectivity index (χ0v) is 18.6. The van der Waals surface area contributed by atoms with Gasteiger partial charge in [-0.25, -0.2) is 0 Å². The zero-order valence-electron chi connectivity index (χ0n) is 17.8. The molecule has 0 saturated heterocycles.